The van der Waals surface area contributed by atoms with Gasteiger partial charge in [0, 0.05) is 5.22 Å². The summed E-state index contributed by atoms with van der Waals surface area (Å²) in [6.07, 6.45) is 1.61. The first-order valence-electron chi connectivity index (χ1n) is 3.35. The molecule has 1 aliphatic carbocycles. The van der Waals surface area contributed by atoms with Crippen molar-refractivity contribution in [1.29, 1.82) is 0 Å². The van der Waals surface area contributed by atoms with Crippen LogP contribution < -0.4 is 0 Å². The highest BCUT2D eigenvalue weighted by Crippen LogP contribution is 2.01. The fourth-order valence-electron chi connectivity index (χ4n) is 1.20. The molecule has 0 aliphatic heterocycles. The van der Waals surface area contributed by atoms with Crippen molar-refractivity contribution < 1.29 is 0 Å². The van der Waals surface area contributed by atoms with Gasteiger partial charge in [-0.3, -0.25) is 0 Å². The van der Waals surface area contributed by atoms with E-state index in [0.29, 0.717) is 5.35 Å². The minimum Gasteiger partial charge on any atom is -0.158 e. The van der Waals surface area contributed by atoms with Crippen LogP contribution in [0.3, 0.4) is 0 Å². The van der Waals surface area contributed by atoms with E-state index >= 15 is 0 Å². The molecule has 0 spiro atoms. The molecule has 1 aliphatic rings. The lowest BCUT2D eigenvalue weighted by atomic mass is 10.2. The van der Waals surface area contributed by atoms with E-state index in [1.807, 2.05) is 6.07 Å². The highest BCUT2D eigenvalue weighted by Gasteiger charge is 2.05. The molecule has 3 rings (SSSR count). The highest BCUT2D eigenvalue weighted by molar-refractivity contribution is 5.11. The molecular weight excluding hydrogens is 156 g/mol. The van der Waals surface area contributed by atoms with Crippen molar-refractivity contribution in [2.45, 2.75) is 0 Å². The van der Waals surface area contributed by atoms with Crippen LogP contribution in [0.2, 0.25) is 0 Å². The summed E-state index contributed by atoms with van der Waals surface area (Å²) in [5, 5.41) is 25.2. The third kappa shape index (κ3) is 0.503. The third-order valence-corrected chi connectivity index (χ3v) is 1.75. The van der Waals surface area contributed by atoms with E-state index in [1.165, 1.54) is 0 Å². The molecule has 0 fully saturated rings. The van der Waals surface area contributed by atoms with Crippen molar-refractivity contribution in [3.05, 3.63) is 33.5 Å². The number of hydrogen-bond donors (Lipinski definition) is 0. The molecule has 0 saturated carbocycles. The monoisotopic (exact) mass is 158 g/mol. The average Bonchev–Trinajstić information content (AvgIpc) is 2.14. The zero-order valence-electron chi connectivity index (χ0n) is 5.84. The largest absolute Gasteiger partial charge is 0.158 e. The zero-order chi connectivity index (χ0) is 7.97. The lowest BCUT2D eigenvalue weighted by Gasteiger charge is -1.95. The normalized spacial score (nSPS) is 11.3. The molecule has 56 valence electrons. The Morgan fingerprint density at radius 3 is 2.58 bits per heavy atom. The molecule has 2 aromatic heterocycles. The van der Waals surface area contributed by atoms with Gasteiger partial charge in [-0.05, 0) is 16.5 Å². The van der Waals surface area contributed by atoms with Gasteiger partial charge >= 0.3 is 0 Å². The summed E-state index contributed by atoms with van der Waals surface area (Å²) in [6, 6.07) is 1.83. The van der Waals surface area contributed by atoms with E-state index in [0.717, 1.165) is 15.9 Å². The maximum atomic E-state index is 3.89. The Morgan fingerprint density at radius 1 is 0.833 bits per heavy atom. The molecule has 0 bridgehead atoms. The van der Waals surface area contributed by atoms with Gasteiger partial charge in [0.25, 0.3) is 0 Å². The maximum Gasteiger partial charge on any atom is 0.144 e. The summed E-state index contributed by atoms with van der Waals surface area (Å²) in [7, 11) is 0. The molecule has 0 N–H and O–H groups in total. The molecule has 6 heteroatoms. The van der Waals surface area contributed by atoms with Gasteiger partial charge in [-0.15, -0.1) is 15.3 Å². The summed E-state index contributed by atoms with van der Waals surface area (Å²) in [5.41, 5.74) is 0. The summed E-state index contributed by atoms with van der Waals surface area (Å²) < 4.78 is 0. The summed E-state index contributed by atoms with van der Waals surface area (Å²) in [4.78, 5) is 0. The first kappa shape index (κ1) is 5.64. The molecule has 0 saturated heterocycles. The highest BCUT2D eigenvalue weighted by atomic mass is 15.4. The Bertz CT molecular complexity index is 486. The molecular formula is C6H2N6. The van der Waals surface area contributed by atoms with Crippen molar-refractivity contribution in [3.8, 4) is 0 Å². The van der Waals surface area contributed by atoms with Crippen LogP contribution in [0, 0.1) is 21.3 Å². The van der Waals surface area contributed by atoms with E-state index in [2.05, 4.69) is 30.8 Å². The zero-order valence-corrected chi connectivity index (χ0v) is 5.84. The topological polar surface area (TPSA) is 77.3 Å². The lowest BCUT2D eigenvalue weighted by Crippen LogP contribution is -2.04. The molecule has 0 aromatic carbocycles. The fraction of sp³-hybridized carbons (Fsp3) is 0. The minimum absolute atomic E-state index is 0.688. The molecule has 0 amide bonds. The minimum atomic E-state index is 0.688. The van der Waals surface area contributed by atoms with Crippen molar-refractivity contribution in [1.82, 2.24) is 30.8 Å². The number of fused-ring (bicyclic) bond motifs is 2. The van der Waals surface area contributed by atoms with Crippen LogP contribution in [-0.2, 0) is 0 Å². The molecule has 0 atom stereocenters. The van der Waals surface area contributed by atoms with Crippen LogP contribution in [0.4, 0.5) is 0 Å². The second-order valence-corrected chi connectivity index (χ2v) is 2.37. The van der Waals surface area contributed by atoms with Crippen LogP contribution in [0.1, 0.15) is 0 Å². The quantitative estimate of drug-likeness (QED) is 0.415. The van der Waals surface area contributed by atoms with Gasteiger partial charge in [0.1, 0.15) is 16.0 Å². The van der Waals surface area contributed by atoms with E-state index in [1.54, 1.807) is 6.20 Å². The van der Waals surface area contributed by atoms with E-state index < -0.39 is 0 Å². The third-order valence-electron chi connectivity index (χ3n) is 1.75. The van der Waals surface area contributed by atoms with Crippen molar-refractivity contribution in [2.24, 2.45) is 0 Å². The van der Waals surface area contributed by atoms with Crippen LogP contribution in [0.25, 0.3) is 0 Å². The molecule has 12 heavy (non-hydrogen) atoms. The molecule has 0 unspecified atom stereocenters. The molecule has 0 radical (unpaired) electrons. The number of hydrogen-bond acceptors (Lipinski definition) is 6. The van der Waals surface area contributed by atoms with Crippen molar-refractivity contribution in [2.75, 3.05) is 0 Å². The molecule has 2 aromatic rings. The maximum absolute atomic E-state index is 3.89. The van der Waals surface area contributed by atoms with Crippen LogP contribution in [0.15, 0.2) is 12.3 Å². The number of aromatic nitrogens is 6. The standard InChI is InChI=1S/C6H2N6/c1-2-7-8-4-3(1)5-6(4)10-12-11-9-5/h1-2H. The number of nitrogens with zero attached hydrogens (tertiary/aromatic N) is 6. The van der Waals surface area contributed by atoms with Gasteiger partial charge in [0.15, 0.2) is 0 Å². The van der Waals surface area contributed by atoms with Gasteiger partial charge in [-0.25, -0.2) is 0 Å². The van der Waals surface area contributed by atoms with Crippen molar-refractivity contribution in [3.63, 3.8) is 0 Å². The number of rotatable bonds is 0. The first-order valence-corrected chi connectivity index (χ1v) is 3.35. The molecule has 2 heterocycles. The summed E-state index contributed by atoms with van der Waals surface area (Å²) in [6.45, 7) is 0. The van der Waals surface area contributed by atoms with Gasteiger partial charge in [0.05, 0.1) is 6.20 Å². The van der Waals surface area contributed by atoms with E-state index in [9.17, 15) is 0 Å². The summed E-state index contributed by atoms with van der Waals surface area (Å²) in [5.74, 6) is 0. The lowest BCUT2D eigenvalue weighted by molar-refractivity contribution is 0.706. The van der Waals surface area contributed by atoms with Crippen molar-refractivity contribution >= 4 is 0 Å². The predicted molar refractivity (Wildman–Crippen MR) is 35.0 cm³/mol. The first-order chi connectivity index (χ1) is 5.97. The predicted octanol–water partition coefficient (Wildman–Crippen LogP) is -1.06. The van der Waals surface area contributed by atoms with Crippen LogP contribution >= 0.6 is 0 Å². The van der Waals surface area contributed by atoms with Gasteiger partial charge in [-0.2, -0.15) is 5.10 Å². The second-order valence-electron chi connectivity index (χ2n) is 2.37. The summed E-state index contributed by atoms with van der Waals surface area (Å²) >= 11 is 0. The van der Waals surface area contributed by atoms with Gasteiger partial charge in [0.2, 0.25) is 0 Å². The molecule has 6 nitrogen and oxygen atoms in total. The SMILES string of the molecule is c1cc2c(nn1)=c1nnnnc1=2. The average molecular weight is 158 g/mol. The van der Waals surface area contributed by atoms with Gasteiger partial charge in [-0.1, -0.05) is 0 Å². The smallest absolute Gasteiger partial charge is 0.144 e. The Balaban J connectivity index is 2.74. The van der Waals surface area contributed by atoms with Gasteiger partial charge < -0.3 is 0 Å². The fourth-order valence-corrected chi connectivity index (χ4v) is 1.20. The Morgan fingerprint density at radius 2 is 1.67 bits per heavy atom. The van der Waals surface area contributed by atoms with Crippen LogP contribution in [0.5, 0.6) is 0 Å². The van der Waals surface area contributed by atoms with E-state index in [4.69, 9.17) is 0 Å². The Labute approximate surface area is 65.3 Å². The second kappa shape index (κ2) is 1.79. The van der Waals surface area contributed by atoms with Crippen LogP contribution in [-0.4, -0.2) is 30.8 Å². The Hall–Kier alpha value is -1.98. The Kier molecular flexibility index (Phi) is 0.840. The van der Waals surface area contributed by atoms with E-state index in [-0.39, 0.29) is 0 Å².